The van der Waals surface area contributed by atoms with Gasteiger partial charge in [0.15, 0.2) is 0 Å². The number of nitrogens with zero attached hydrogens (tertiary/aromatic N) is 1. The Hall–Kier alpha value is -1.96. The molecule has 0 radical (unpaired) electrons. The molecule has 2 heteroatoms. The van der Waals surface area contributed by atoms with Crippen LogP contribution in [-0.4, -0.2) is 11.3 Å². The molecule has 0 aliphatic rings. The van der Waals surface area contributed by atoms with Crippen LogP contribution in [0.5, 0.6) is 0 Å². The van der Waals surface area contributed by atoms with Gasteiger partial charge in [-0.1, -0.05) is 36.4 Å². The number of aldehydes is 1. The van der Waals surface area contributed by atoms with Gasteiger partial charge in [-0.15, -0.1) is 0 Å². The Morgan fingerprint density at radius 1 is 1.06 bits per heavy atom. The molecule has 0 fully saturated rings. The number of carbonyl (C=O) groups is 1. The van der Waals surface area contributed by atoms with E-state index >= 15 is 0 Å². The Kier molecular flexibility index (Phi) is 2.82. The van der Waals surface area contributed by atoms with E-state index in [2.05, 4.69) is 4.98 Å². The minimum absolute atomic E-state index is 0.616. The molecule has 0 spiro atoms. The van der Waals surface area contributed by atoms with E-state index < -0.39 is 5.41 Å². The van der Waals surface area contributed by atoms with Crippen LogP contribution in [-0.2, 0) is 10.2 Å². The van der Waals surface area contributed by atoms with Gasteiger partial charge in [0.2, 0.25) is 0 Å². The highest BCUT2D eigenvalue weighted by atomic mass is 16.1. The van der Waals surface area contributed by atoms with Gasteiger partial charge in [0.05, 0.1) is 5.41 Å². The van der Waals surface area contributed by atoms with Crippen LogP contribution in [0.25, 0.3) is 0 Å². The summed E-state index contributed by atoms with van der Waals surface area (Å²) in [5, 5.41) is 0. The average molecular weight is 211 g/mol. The summed E-state index contributed by atoms with van der Waals surface area (Å²) in [5.41, 5.74) is 1.28. The fourth-order valence-corrected chi connectivity index (χ4v) is 1.76. The molecule has 80 valence electrons. The Balaban J connectivity index is 2.53. The zero-order valence-corrected chi connectivity index (χ0v) is 9.13. The van der Waals surface area contributed by atoms with Crippen molar-refractivity contribution < 1.29 is 4.79 Å². The second kappa shape index (κ2) is 4.27. The number of hydrogen-bond donors (Lipinski definition) is 0. The van der Waals surface area contributed by atoms with E-state index in [1.165, 1.54) is 0 Å². The maximum atomic E-state index is 11.4. The lowest BCUT2D eigenvalue weighted by Crippen LogP contribution is -2.25. The van der Waals surface area contributed by atoms with Gasteiger partial charge in [0.25, 0.3) is 0 Å². The maximum absolute atomic E-state index is 11.4. The largest absolute Gasteiger partial charge is 0.302 e. The Morgan fingerprint density at radius 2 is 1.75 bits per heavy atom. The Morgan fingerprint density at radius 3 is 2.31 bits per heavy atom. The van der Waals surface area contributed by atoms with Crippen LogP contribution in [0.2, 0.25) is 0 Å². The normalized spacial score (nSPS) is 14.1. The fourth-order valence-electron chi connectivity index (χ4n) is 1.76. The van der Waals surface area contributed by atoms with Crippen molar-refractivity contribution in [3.05, 3.63) is 66.0 Å². The first-order valence-electron chi connectivity index (χ1n) is 5.20. The molecule has 0 saturated heterocycles. The van der Waals surface area contributed by atoms with Crippen molar-refractivity contribution in [1.29, 1.82) is 0 Å². The minimum atomic E-state index is -0.616. The number of hydrogen-bond acceptors (Lipinski definition) is 2. The summed E-state index contributed by atoms with van der Waals surface area (Å²) in [6.45, 7) is 1.91. The molecule has 1 heterocycles. The minimum Gasteiger partial charge on any atom is -0.302 e. The third-order valence-electron chi connectivity index (χ3n) is 2.87. The van der Waals surface area contributed by atoms with Crippen LogP contribution in [0.15, 0.2) is 54.9 Å². The predicted molar refractivity (Wildman–Crippen MR) is 63.2 cm³/mol. The second-order valence-corrected chi connectivity index (χ2v) is 3.93. The molecular weight excluding hydrogens is 198 g/mol. The van der Waals surface area contributed by atoms with Gasteiger partial charge in [-0.3, -0.25) is 4.98 Å². The highest BCUT2D eigenvalue weighted by molar-refractivity contribution is 5.74. The summed E-state index contributed by atoms with van der Waals surface area (Å²) in [5.74, 6) is 0. The highest BCUT2D eigenvalue weighted by Gasteiger charge is 2.28. The summed E-state index contributed by atoms with van der Waals surface area (Å²) in [7, 11) is 0. The summed E-state index contributed by atoms with van der Waals surface area (Å²) < 4.78 is 0. The van der Waals surface area contributed by atoms with Gasteiger partial charge < -0.3 is 4.79 Å². The van der Waals surface area contributed by atoms with E-state index in [1.807, 2.05) is 49.4 Å². The number of benzene rings is 1. The van der Waals surface area contributed by atoms with Crippen LogP contribution in [0.3, 0.4) is 0 Å². The molecule has 0 aliphatic heterocycles. The number of aromatic nitrogens is 1. The molecule has 1 atom stereocenters. The van der Waals surface area contributed by atoms with Gasteiger partial charge in [-0.2, -0.15) is 0 Å². The van der Waals surface area contributed by atoms with Crippen LogP contribution in [0.1, 0.15) is 18.1 Å². The highest BCUT2D eigenvalue weighted by Crippen LogP contribution is 2.28. The van der Waals surface area contributed by atoms with E-state index in [9.17, 15) is 4.79 Å². The topological polar surface area (TPSA) is 30.0 Å². The Bertz CT molecular complexity index is 425. The van der Waals surface area contributed by atoms with E-state index in [-0.39, 0.29) is 0 Å². The van der Waals surface area contributed by atoms with Crippen molar-refractivity contribution in [2.24, 2.45) is 0 Å². The zero-order chi connectivity index (χ0) is 11.4. The van der Waals surface area contributed by atoms with Crippen molar-refractivity contribution >= 4 is 6.29 Å². The third-order valence-corrected chi connectivity index (χ3v) is 2.87. The molecule has 1 aromatic carbocycles. The van der Waals surface area contributed by atoms with Gasteiger partial charge in [0.1, 0.15) is 6.29 Å². The predicted octanol–water partition coefficient (Wildman–Crippen LogP) is 2.59. The summed E-state index contributed by atoms with van der Waals surface area (Å²) in [6, 6.07) is 13.5. The average Bonchev–Trinajstić information content (AvgIpc) is 2.40. The van der Waals surface area contributed by atoms with Gasteiger partial charge in [0, 0.05) is 12.4 Å². The smallest absolute Gasteiger partial charge is 0.134 e. The van der Waals surface area contributed by atoms with E-state index in [0.717, 1.165) is 17.4 Å². The van der Waals surface area contributed by atoms with Crippen LogP contribution < -0.4 is 0 Å². The lowest BCUT2D eigenvalue weighted by atomic mass is 9.78. The molecule has 0 saturated carbocycles. The molecule has 0 amide bonds. The molecule has 16 heavy (non-hydrogen) atoms. The number of rotatable bonds is 3. The van der Waals surface area contributed by atoms with Gasteiger partial charge in [-0.25, -0.2) is 0 Å². The van der Waals surface area contributed by atoms with Crippen molar-refractivity contribution in [2.75, 3.05) is 0 Å². The molecule has 2 aromatic rings. The SMILES string of the molecule is CC(C=O)(c1ccccc1)c1cccnc1. The van der Waals surface area contributed by atoms with E-state index in [4.69, 9.17) is 0 Å². The first-order chi connectivity index (χ1) is 7.77. The van der Waals surface area contributed by atoms with Crippen LogP contribution >= 0.6 is 0 Å². The van der Waals surface area contributed by atoms with E-state index in [0.29, 0.717) is 0 Å². The monoisotopic (exact) mass is 211 g/mol. The van der Waals surface area contributed by atoms with E-state index in [1.54, 1.807) is 12.4 Å². The first kappa shape index (κ1) is 10.6. The van der Waals surface area contributed by atoms with Crippen molar-refractivity contribution in [1.82, 2.24) is 4.98 Å². The molecule has 1 unspecified atom stereocenters. The van der Waals surface area contributed by atoms with Crippen molar-refractivity contribution in [2.45, 2.75) is 12.3 Å². The molecule has 0 bridgehead atoms. The molecule has 0 aliphatic carbocycles. The zero-order valence-electron chi connectivity index (χ0n) is 9.13. The molecule has 2 nitrogen and oxygen atoms in total. The van der Waals surface area contributed by atoms with Crippen molar-refractivity contribution in [3.8, 4) is 0 Å². The number of pyridine rings is 1. The van der Waals surface area contributed by atoms with Crippen molar-refractivity contribution in [3.63, 3.8) is 0 Å². The Labute approximate surface area is 95.0 Å². The van der Waals surface area contributed by atoms with Gasteiger partial charge >= 0.3 is 0 Å². The summed E-state index contributed by atoms with van der Waals surface area (Å²) in [6.07, 6.45) is 4.42. The number of carbonyl (C=O) groups excluding carboxylic acids is 1. The van der Waals surface area contributed by atoms with Crippen LogP contribution in [0.4, 0.5) is 0 Å². The van der Waals surface area contributed by atoms with Crippen LogP contribution in [0, 0.1) is 0 Å². The first-order valence-corrected chi connectivity index (χ1v) is 5.20. The summed E-state index contributed by atoms with van der Waals surface area (Å²) in [4.78, 5) is 15.5. The molecule has 0 N–H and O–H groups in total. The second-order valence-electron chi connectivity index (χ2n) is 3.93. The quantitative estimate of drug-likeness (QED) is 0.730. The maximum Gasteiger partial charge on any atom is 0.134 e. The molecule has 2 rings (SSSR count). The molecular formula is C14H13NO. The lowest BCUT2D eigenvalue weighted by Gasteiger charge is -2.23. The summed E-state index contributed by atoms with van der Waals surface area (Å²) >= 11 is 0. The fraction of sp³-hybridized carbons (Fsp3) is 0.143. The van der Waals surface area contributed by atoms with Gasteiger partial charge in [-0.05, 0) is 24.1 Å². The molecule has 1 aromatic heterocycles. The standard InChI is InChI=1S/C14H13NO/c1-14(11-16,12-6-3-2-4-7-12)13-8-5-9-15-10-13/h2-11H,1H3. The third kappa shape index (κ3) is 1.74. The lowest BCUT2D eigenvalue weighted by molar-refractivity contribution is -0.110.